The fourth-order valence-electron chi connectivity index (χ4n) is 2.93. The van der Waals surface area contributed by atoms with E-state index in [9.17, 15) is 9.50 Å². The van der Waals surface area contributed by atoms with E-state index < -0.39 is 0 Å². The molecule has 5 heteroatoms. The number of nitrogens with one attached hydrogen (secondary N) is 1. The Hall–Kier alpha value is -1.17. The fraction of sp³-hybridized carbons (Fsp3) is 0.600. The minimum atomic E-state index is -0.379. The number of ether oxygens (including phenoxy) is 1. The number of hydrogen-bond acceptors (Lipinski definition) is 4. The summed E-state index contributed by atoms with van der Waals surface area (Å²) in [4.78, 5) is 0. The SMILES string of the molecule is COc1ccc(C(CN)NC2CCCC2CO)cc1F. The van der Waals surface area contributed by atoms with Gasteiger partial charge in [0, 0.05) is 25.2 Å². The van der Waals surface area contributed by atoms with E-state index in [0.29, 0.717) is 6.54 Å². The summed E-state index contributed by atoms with van der Waals surface area (Å²) < 4.78 is 18.7. The Morgan fingerprint density at radius 3 is 2.90 bits per heavy atom. The molecule has 112 valence electrons. The Morgan fingerprint density at radius 1 is 1.50 bits per heavy atom. The van der Waals surface area contributed by atoms with E-state index in [1.165, 1.54) is 13.2 Å². The second kappa shape index (κ2) is 7.02. The second-order valence-electron chi connectivity index (χ2n) is 5.33. The molecule has 0 saturated heterocycles. The Balaban J connectivity index is 2.09. The van der Waals surface area contributed by atoms with Gasteiger partial charge in [-0.2, -0.15) is 0 Å². The Morgan fingerprint density at radius 2 is 2.30 bits per heavy atom. The van der Waals surface area contributed by atoms with Crippen LogP contribution in [0.3, 0.4) is 0 Å². The summed E-state index contributed by atoms with van der Waals surface area (Å²) in [7, 11) is 1.45. The summed E-state index contributed by atoms with van der Waals surface area (Å²) in [5.41, 5.74) is 6.63. The number of halogens is 1. The number of nitrogens with two attached hydrogens (primary N) is 1. The maximum absolute atomic E-state index is 13.8. The Labute approximate surface area is 119 Å². The third-order valence-electron chi connectivity index (χ3n) is 4.12. The third-order valence-corrected chi connectivity index (χ3v) is 4.12. The van der Waals surface area contributed by atoms with Gasteiger partial charge in [0.15, 0.2) is 11.6 Å². The van der Waals surface area contributed by atoms with Gasteiger partial charge in [-0.3, -0.25) is 0 Å². The molecule has 0 aromatic heterocycles. The van der Waals surface area contributed by atoms with Crippen LogP contribution in [0, 0.1) is 11.7 Å². The van der Waals surface area contributed by atoms with E-state index in [-0.39, 0.29) is 36.2 Å². The van der Waals surface area contributed by atoms with E-state index in [0.717, 1.165) is 24.8 Å². The highest BCUT2D eigenvalue weighted by molar-refractivity contribution is 5.31. The van der Waals surface area contributed by atoms with Crippen LogP contribution in [0.15, 0.2) is 18.2 Å². The lowest BCUT2D eigenvalue weighted by Crippen LogP contribution is -2.39. The summed E-state index contributed by atoms with van der Waals surface area (Å²) in [5, 5.41) is 12.8. The molecule has 3 unspecified atom stereocenters. The van der Waals surface area contributed by atoms with Gasteiger partial charge in [0.1, 0.15) is 0 Å². The average molecular weight is 282 g/mol. The van der Waals surface area contributed by atoms with Gasteiger partial charge in [-0.1, -0.05) is 12.5 Å². The average Bonchev–Trinajstić information content (AvgIpc) is 2.91. The maximum atomic E-state index is 13.8. The van der Waals surface area contributed by atoms with Crippen molar-refractivity contribution in [1.82, 2.24) is 5.32 Å². The van der Waals surface area contributed by atoms with Crippen LogP contribution in [-0.4, -0.2) is 31.4 Å². The number of rotatable bonds is 6. The van der Waals surface area contributed by atoms with Gasteiger partial charge in [0.05, 0.1) is 7.11 Å². The topological polar surface area (TPSA) is 67.5 Å². The number of methoxy groups -OCH3 is 1. The standard InChI is InChI=1S/C15H23FN2O2/c1-20-15-6-5-10(7-12(15)16)14(8-17)18-13-4-2-3-11(13)9-19/h5-7,11,13-14,18-19H,2-4,8-9,17H2,1H3. The highest BCUT2D eigenvalue weighted by Gasteiger charge is 2.28. The van der Waals surface area contributed by atoms with Gasteiger partial charge in [-0.25, -0.2) is 4.39 Å². The van der Waals surface area contributed by atoms with Gasteiger partial charge >= 0.3 is 0 Å². The molecule has 0 spiro atoms. The zero-order valence-electron chi connectivity index (χ0n) is 11.8. The fourth-order valence-corrected chi connectivity index (χ4v) is 2.93. The van der Waals surface area contributed by atoms with Crippen molar-refractivity contribution < 1.29 is 14.2 Å². The summed E-state index contributed by atoms with van der Waals surface area (Å²) in [6.07, 6.45) is 3.17. The molecule has 1 aromatic rings. The molecular formula is C15H23FN2O2. The molecule has 4 N–H and O–H groups in total. The molecule has 1 aromatic carbocycles. The van der Waals surface area contributed by atoms with Crippen molar-refractivity contribution in [3.05, 3.63) is 29.6 Å². The predicted molar refractivity (Wildman–Crippen MR) is 76.1 cm³/mol. The smallest absolute Gasteiger partial charge is 0.165 e. The van der Waals surface area contributed by atoms with Gasteiger partial charge in [-0.15, -0.1) is 0 Å². The molecule has 1 aliphatic carbocycles. The zero-order chi connectivity index (χ0) is 14.5. The number of aliphatic hydroxyl groups is 1. The summed E-state index contributed by atoms with van der Waals surface area (Å²) in [5.74, 6) is 0.126. The van der Waals surface area contributed by atoms with Gasteiger partial charge < -0.3 is 20.9 Å². The highest BCUT2D eigenvalue weighted by Crippen LogP contribution is 2.28. The molecule has 2 rings (SSSR count). The van der Waals surface area contributed by atoms with Gasteiger partial charge in [0.25, 0.3) is 0 Å². The van der Waals surface area contributed by atoms with Crippen LogP contribution in [0.5, 0.6) is 5.75 Å². The largest absolute Gasteiger partial charge is 0.494 e. The molecule has 0 aliphatic heterocycles. The van der Waals surface area contributed by atoms with Crippen LogP contribution in [0.1, 0.15) is 30.9 Å². The summed E-state index contributed by atoms with van der Waals surface area (Å²) in [6.45, 7) is 0.576. The van der Waals surface area contributed by atoms with Crippen LogP contribution in [0.25, 0.3) is 0 Å². The van der Waals surface area contributed by atoms with Crippen molar-refractivity contribution in [1.29, 1.82) is 0 Å². The van der Waals surface area contributed by atoms with E-state index in [2.05, 4.69) is 5.32 Å². The summed E-state index contributed by atoms with van der Waals surface area (Å²) in [6, 6.07) is 5.06. The van der Waals surface area contributed by atoms with Crippen molar-refractivity contribution in [3.63, 3.8) is 0 Å². The van der Waals surface area contributed by atoms with Gasteiger partial charge in [-0.05, 0) is 36.5 Å². The van der Waals surface area contributed by atoms with E-state index >= 15 is 0 Å². The van der Waals surface area contributed by atoms with Crippen molar-refractivity contribution >= 4 is 0 Å². The first-order valence-corrected chi connectivity index (χ1v) is 7.10. The normalized spacial score (nSPS) is 23.8. The highest BCUT2D eigenvalue weighted by atomic mass is 19.1. The molecule has 20 heavy (non-hydrogen) atoms. The van der Waals surface area contributed by atoms with Crippen LogP contribution >= 0.6 is 0 Å². The zero-order valence-corrected chi connectivity index (χ0v) is 11.8. The predicted octanol–water partition coefficient (Wildman–Crippen LogP) is 1.58. The monoisotopic (exact) mass is 282 g/mol. The van der Waals surface area contributed by atoms with Crippen molar-refractivity contribution in [2.75, 3.05) is 20.3 Å². The molecule has 0 bridgehead atoms. The third kappa shape index (κ3) is 3.29. The van der Waals surface area contributed by atoms with Crippen molar-refractivity contribution in [2.24, 2.45) is 11.7 Å². The van der Waals surface area contributed by atoms with Crippen LogP contribution in [0.2, 0.25) is 0 Å². The number of benzene rings is 1. The van der Waals surface area contributed by atoms with Crippen LogP contribution in [-0.2, 0) is 0 Å². The van der Waals surface area contributed by atoms with E-state index in [4.69, 9.17) is 10.5 Å². The first-order valence-electron chi connectivity index (χ1n) is 7.10. The van der Waals surface area contributed by atoms with Crippen molar-refractivity contribution in [2.45, 2.75) is 31.3 Å². The molecule has 1 aliphatic rings. The minimum absolute atomic E-state index is 0.104. The summed E-state index contributed by atoms with van der Waals surface area (Å²) >= 11 is 0. The Bertz CT molecular complexity index is 442. The second-order valence-corrected chi connectivity index (χ2v) is 5.33. The molecule has 0 amide bonds. The molecule has 1 fully saturated rings. The first-order chi connectivity index (χ1) is 9.69. The molecule has 0 radical (unpaired) electrons. The van der Waals surface area contributed by atoms with Crippen molar-refractivity contribution in [3.8, 4) is 5.75 Å². The van der Waals surface area contributed by atoms with Crippen LogP contribution < -0.4 is 15.8 Å². The molecule has 3 atom stereocenters. The molecule has 1 saturated carbocycles. The lowest BCUT2D eigenvalue weighted by Gasteiger charge is -2.26. The quantitative estimate of drug-likeness (QED) is 0.741. The first kappa shape index (κ1) is 15.2. The number of aliphatic hydroxyl groups excluding tert-OH is 1. The van der Waals surface area contributed by atoms with Gasteiger partial charge in [0.2, 0.25) is 0 Å². The minimum Gasteiger partial charge on any atom is -0.494 e. The van der Waals surface area contributed by atoms with E-state index in [1.807, 2.05) is 6.07 Å². The van der Waals surface area contributed by atoms with E-state index in [1.54, 1.807) is 6.07 Å². The lowest BCUT2D eigenvalue weighted by atomic mass is 10.0. The molecular weight excluding hydrogens is 259 g/mol. The van der Waals surface area contributed by atoms with Crippen LogP contribution in [0.4, 0.5) is 4.39 Å². The Kier molecular flexibility index (Phi) is 5.34. The maximum Gasteiger partial charge on any atom is 0.165 e. The molecule has 4 nitrogen and oxygen atoms in total. The molecule has 0 heterocycles. The lowest BCUT2D eigenvalue weighted by molar-refractivity contribution is 0.199. The number of hydrogen-bond donors (Lipinski definition) is 3.